The van der Waals surface area contributed by atoms with Crippen LogP contribution in [0.4, 0.5) is 0 Å². The Kier molecular flexibility index (Phi) is 7.20. The molecule has 0 spiro atoms. The quantitative estimate of drug-likeness (QED) is 0.663. The first-order valence-electron chi connectivity index (χ1n) is 5.88. The lowest BCUT2D eigenvalue weighted by atomic mass is 9.98. The smallest absolute Gasteiger partial charge is 0.0584 e. The van der Waals surface area contributed by atoms with Gasteiger partial charge in [0.1, 0.15) is 0 Å². The molecule has 0 aromatic carbocycles. The van der Waals surface area contributed by atoms with Crippen LogP contribution in [0.25, 0.3) is 0 Å². The van der Waals surface area contributed by atoms with E-state index < -0.39 is 0 Å². The highest BCUT2D eigenvalue weighted by Crippen LogP contribution is 2.10. The summed E-state index contributed by atoms with van der Waals surface area (Å²) < 4.78 is 0. The first kappa shape index (κ1) is 13.9. The second-order valence-corrected chi connectivity index (χ2v) is 4.85. The Morgan fingerprint density at radius 1 is 1.14 bits per heavy atom. The molecular formula is C12H27NO. The van der Waals surface area contributed by atoms with Gasteiger partial charge in [0.2, 0.25) is 0 Å². The number of aliphatic hydroxyl groups is 1. The highest BCUT2D eigenvalue weighted by atomic mass is 16.3. The molecule has 0 aliphatic rings. The molecular weight excluding hydrogens is 174 g/mol. The van der Waals surface area contributed by atoms with Crippen molar-refractivity contribution in [2.45, 2.75) is 59.5 Å². The Hall–Kier alpha value is -0.0800. The van der Waals surface area contributed by atoms with Gasteiger partial charge in [0.05, 0.1) is 6.61 Å². The fourth-order valence-corrected chi connectivity index (χ4v) is 1.65. The number of hydrogen-bond donors (Lipinski definition) is 2. The van der Waals surface area contributed by atoms with E-state index in [-0.39, 0.29) is 12.6 Å². The molecule has 0 unspecified atom stereocenters. The van der Waals surface area contributed by atoms with Crippen LogP contribution >= 0.6 is 0 Å². The number of aliphatic hydroxyl groups excluding tert-OH is 1. The van der Waals surface area contributed by atoms with E-state index in [0.717, 1.165) is 6.42 Å². The molecule has 0 rings (SSSR count). The summed E-state index contributed by atoms with van der Waals surface area (Å²) in [6.07, 6.45) is 2.24. The zero-order valence-electron chi connectivity index (χ0n) is 10.4. The van der Waals surface area contributed by atoms with E-state index in [1.807, 2.05) is 0 Å². The zero-order valence-corrected chi connectivity index (χ0v) is 10.4. The third-order valence-corrected chi connectivity index (χ3v) is 2.97. The lowest BCUT2D eigenvalue weighted by molar-refractivity contribution is 0.202. The minimum Gasteiger partial charge on any atom is -0.395 e. The Morgan fingerprint density at radius 2 is 1.71 bits per heavy atom. The molecule has 3 atom stereocenters. The van der Waals surface area contributed by atoms with Gasteiger partial charge in [0, 0.05) is 12.1 Å². The van der Waals surface area contributed by atoms with E-state index >= 15 is 0 Å². The molecule has 2 nitrogen and oxygen atoms in total. The van der Waals surface area contributed by atoms with Gasteiger partial charge in [-0.25, -0.2) is 0 Å². The average molecular weight is 201 g/mol. The highest BCUT2D eigenvalue weighted by molar-refractivity contribution is 4.75. The predicted octanol–water partition coefficient (Wildman–Crippen LogP) is 2.42. The van der Waals surface area contributed by atoms with Crippen LogP contribution in [0.1, 0.15) is 47.5 Å². The number of hydrogen-bond acceptors (Lipinski definition) is 2. The molecule has 0 saturated carbocycles. The van der Waals surface area contributed by atoms with Crippen molar-refractivity contribution in [3.05, 3.63) is 0 Å². The maximum Gasteiger partial charge on any atom is 0.0584 e. The average Bonchev–Trinajstić information content (AvgIpc) is 2.14. The zero-order chi connectivity index (χ0) is 11.1. The maximum absolute atomic E-state index is 9.22. The van der Waals surface area contributed by atoms with Crippen LogP contribution in [0.5, 0.6) is 0 Å². The van der Waals surface area contributed by atoms with Gasteiger partial charge in [-0.05, 0) is 25.2 Å². The van der Waals surface area contributed by atoms with Gasteiger partial charge in [0.15, 0.2) is 0 Å². The fraction of sp³-hybridized carbons (Fsp3) is 1.00. The monoisotopic (exact) mass is 201 g/mol. The van der Waals surface area contributed by atoms with Crippen molar-refractivity contribution in [2.24, 2.45) is 11.8 Å². The molecule has 2 heteroatoms. The number of rotatable bonds is 7. The standard InChI is InChI=1S/C12H27NO/c1-6-10(4)11(5)13-12(8-14)7-9(2)3/h9-14H,6-8H2,1-5H3/t10-,11+,12+/m0/s1. The van der Waals surface area contributed by atoms with Crippen LogP contribution in [0, 0.1) is 11.8 Å². The van der Waals surface area contributed by atoms with Crippen LogP contribution in [0.15, 0.2) is 0 Å². The van der Waals surface area contributed by atoms with Crippen molar-refractivity contribution in [3.8, 4) is 0 Å². The van der Waals surface area contributed by atoms with Crippen molar-refractivity contribution in [1.82, 2.24) is 5.32 Å². The lowest BCUT2D eigenvalue weighted by Gasteiger charge is -2.26. The van der Waals surface area contributed by atoms with Gasteiger partial charge in [-0.3, -0.25) is 0 Å². The Balaban J connectivity index is 3.91. The molecule has 0 aliphatic heterocycles. The minimum absolute atomic E-state index is 0.249. The SMILES string of the molecule is CC[C@H](C)[C@@H](C)N[C@@H](CO)CC(C)C. The van der Waals surface area contributed by atoms with Crippen LogP contribution in [-0.4, -0.2) is 23.8 Å². The van der Waals surface area contributed by atoms with Crippen LogP contribution in [0.2, 0.25) is 0 Å². The lowest BCUT2D eigenvalue weighted by Crippen LogP contribution is -2.42. The summed E-state index contributed by atoms with van der Waals surface area (Å²) >= 11 is 0. The Bertz CT molecular complexity index is 136. The molecule has 86 valence electrons. The maximum atomic E-state index is 9.22. The van der Waals surface area contributed by atoms with E-state index in [1.54, 1.807) is 0 Å². The summed E-state index contributed by atoms with van der Waals surface area (Å²) in [4.78, 5) is 0. The normalized spacial score (nSPS) is 18.2. The van der Waals surface area contributed by atoms with Crippen molar-refractivity contribution in [1.29, 1.82) is 0 Å². The third kappa shape index (κ3) is 5.61. The summed E-state index contributed by atoms with van der Waals surface area (Å²) in [6.45, 7) is 11.3. The molecule has 0 aliphatic carbocycles. The molecule has 0 amide bonds. The van der Waals surface area contributed by atoms with Gasteiger partial charge in [0.25, 0.3) is 0 Å². The van der Waals surface area contributed by atoms with Gasteiger partial charge in [-0.2, -0.15) is 0 Å². The first-order chi connectivity index (χ1) is 6.51. The van der Waals surface area contributed by atoms with Crippen molar-refractivity contribution in [3.63, 3.8) is 0 Å². The van der Waals surface area contributed by atoms with Crippen molar-refractivity contribution >= 4 is 0 Å². The van der Waals surface area contributed by atoms with Crippen LogP contribution in [-0.2, 0) is 0 Å². The van der Waals surface area contributed by atoms with Crippen LogP contribution in [0.3, 0.4) is 0 Å². The second-order valence-electron chi connectivity index (χ2n) is 4.85. The summed E-state index contributed by atoms with van der Waals surface area (Å²) in [5, 5.41) is 12.7. The third-order valence-electron chi connectivity index (χ3n) is 2.97. The fourth-order valence-electron chi connectivity index (χ4n) is 1.65. The van der Waals surface area contributed by atoms with E-state index in [2.05, 4.69) is 39.9 Å². The molecule has 0 fully saturated rings. The minimum atomic E-state index is 0.249. The molecule has 2 N–H and O–H groups in total. The molecule has 0 saturated heterocycles. The molecule has 0 aromatic heterocycles. The van der Waals surface area contributed by atoms with Gasteiger partial charge in [-0.15, -0.1) is 0 Å². The first-order valence-corrected chi connectivity index (χ1v) is 5.88. The van der Waals surface area contributed by atoms with Crippen LogP contribution < -0.4 is 5.32 Å². The van der Waals surface area contributed by atoms with E-state index in [1.165, 1.54) is 6.42 Å². The van der Waals surface area contributed by atoms with Crippen molar-refractivity contribution in [2.75, 3.05) is 6.61 Å². The molecule has 14 heavy (non-hydrogen) atoms. The molecule has 0 radical (unpaired) electrons. The topological polar surface area (TPSA) is 32.3 Å². The number of nitrogens with one attached hydrogen (secondary N) is 1. The van der Waals surface area contributed by atoms with Gasteiger partial charge >= 0.3 is 0 Å². The second kappa shape index (κ2) is 7.24. The van der Waals surface area contributed by atoms with Gasteiger partial charge < -0.3 is 10.4 Å². The molecule has 0 aromatic rings. The Labute approximate surface area is 89.1 Å². The Morgan fingerprint density at radius 3 is 2.07 bits per heavy atom. The molecule has 0 bridgehead atoms. The van der Waals surface area contributed by atoms with Gasteiger partial charge in [-0.1, -0.05) is 34.1 Å². The predicted molar refractivity (Wildman–Crippen MR) is 62.4 cm³/mol. The van der Waals surface area contributed by atoms with E-state index in [0.29, 0.717) is 17.9 Å². The largest absolute Gasteiger partial charge is 0.395 e. The summed E-state index contributed by atoms with van der Waals surface area (Å²) in [7, 11) is 0. The summed E-state index contributed by atoms with van der Waals surface area (Å²) in [5.41, 5.74) is 0. The molecule has 0 heterocycles. The van der Waals surface area contributed by atoms with E-state index in [4.69, 9.17) is 0 Å². The summed E-state index contributed by atoms with van der Waals surface area (Å²) in [6, 6.07) is 0.759. The highest BCUT2D eigenvalue weighted by Gasteiger charge is 2.15. The van der Waals surface area contributed by atoms with Crippen molar-refractivity contribution < 1.29 is 5.11 Å². The van der Waals surface area contributed by atoms with E-state index in [9.17, 15) is 5.11 Å². The summed E-state index contributed by atoms with van der Waals surface area (Å²) in [5.74, 6) is 1.32.